The van der Waals surface area contributed by atoms with Crippen molar-refractivity contribution in [3.63, 3.8) is 0 Å². The van der Waals surface area contributed by atoms with Gasteiger partial charge in [0.15, 0.2) is 0 Å². The molecule has 1 aliphatic carbocycles. The Morgan fingerprint density at radius 2 is 1.84 bits per heavy atom. The van der Waals surface area contributed by atoms with Gasteiger partial charge in [-0.1, -0.05) is 12.1 Å². The number of hydrogen-bond donors (Lipinski definition) is 2. The summed E-state index contributed by atoms with van der Waals surface area (Å²) in [6.07, 6.45) is 1.78. The van der Waals surface area contributed by atoms with Gasteiger partial charge in [-0.25, -0.2) is 13.2 Å². The van der Waals surface area contributed by atoms with E-state index in [0.717, 1.165) is 17.7 Å². The average Bonchev–Trinajstić information content (AvgIpc) is 3.59. The highest BCUT2D eigenvalue weighted by Crippen LogP contribution is 2.42. The first-order valence-electron chi connectivity index (χ1n) is 10.3. The molecule has 168 valence electrons. The maximum atomic E-state index is 12.6. The number of hydrogen-bond acceptors (Lipinski definition) is 6. The molecule has 2 heterocycles. The van der Waals surface area contributed by atoms with Crippen molar-refractivity contribution in [2.75, 3.05) is 32.8 Å². The standard InChI is InChI=1S/C20H26N4O6S/c1-20(15-4-5-15)18(26)24(19(27)22-20)13-17(25)21-12-14-2-6-16(7-3-14)31(28,29)23-8-10-30-11-9-23/h2-3,6-7,15H,4-5,8-13H2,1H3,(H,21,25)(H,22,27). The van der Waals surface area contributed by atoms with E-state index in [1.807, 2.05) is 0 Å². The van der Waals surface area contributed by atoms with Crippen molar-refractivity contribution in [2.24, 2.45) is 5.92 Å². The Labute approximate surface area is 181 Å². The molecule has 1 unspecified atom stereocenters. The van der Waals surface area contributed by atoms with Crippen LogP contribution in [0.1, 0.15) is 25.3 Å². The first-order valence-corrected chi connectivity index (χ1v) is 11.7. The maximum Gasteiger partial charge on any atom is 0.325 e. The highest BCUT2D eigenvalue weighted by Gasteiger charge is 2.56. The second-order valence-electron chi connectivity index (χ2n) is 8.24. The zero-order valence-corrected chi connectivity index (χ0v) is 18.1. The van der Waals surface area contributed by atoms with E-state index < -0.39 is 27.5 Å². The third-order valence-electron chi connectivity index (χ3n) is 6.02. The number of rotatable bonds is 7. The average molecular weight is 451 g/mol. The summed E-state index contributed by atoms with van der Waals surface area (Å²) in [7, 11) is -3.57. The normalized spacial score (nSPS) is 24.9. The number of imide groups is 1. The summed E-state index contributed by atoms with van der Waals surface area (Å²) in [5, 5.41) is 5.38. The molecule has 10 nitrogen and oxygen atoms in total. The lowest BCUT2D eigenvalue weighted by atomic mass is 9.96. The van der Waals surface area contributed by atoms with Gasteiger partial charge < -0.3 is 15.4 Å². The highest BCUT2D eigenvalue weighted by atomic mass is 32.2. The fourth-order valence-electron chi connectivity index (χ4n) is 3.91. The van der Waals surface area contributed by atoms with Gasteiger partial charge in [0.05, 0.1) is 18.1 Å². The van der Waals surface area contributed by atoms with Crippen LogP contribution in [0.25, 0.3) is 0 Å². The van der Waals surface area contributed by atoms with E-state index in [1.165, 1.54) is 16.4 Å². The van der Waals surface area contributed by atoms with Crippen LogP contribution >= 0.6 is 0 Å². The summed E-state index contributed by atoms with van der Waals surface area (Å²) in [4.78, 5) is 38.2. The first-order chi connectivity index (χ1) is 14.7. The van der Waals surface area contributed by atoms with Crippen LogP contribution in [0.3, 0.4) is 0 Å². The minimum Gasteiger partial charge on any atom is -0.379 e. The lowest BCUT2D eigenvalue weighted by Gasteiger charge is -2.26. The first kappa shape index (κ1) is 21.7. The van der Waals surface area contributed by atoms with Crippen LogP contribution in [-0.4, -0.2) is 73.9 Å². The van der Waals surface area contributed by atoms with Crippen molar-refractivity contribution in [1.29, 1.82) is 0 Å². The lowest BCUT2D eigenvalue weighted by molar-refractivity contribution is -0.135. The zero-order chi connectivity index (χ0) is 22.2. The molecule has 1 atom stereocenters. The van der Waals surface area contributed by atoms with Crippen LogP contribution in [0.5, 0.6) is 0 Å². The second kappa shape index (κ2) is 8.21. The van der Waals surface area contributed by atoms with Crippen LogP contribution in [0.4, 0.5) is 4.79 Å². The molecule has 3 aliphatic rings. The molecule has 0 bridgehead atoms. The van der Waals surface area contributed by atoms with E-state index >= 15 is 0 Å². The second-order valence-corrected chi connectivity index (χ2v) is 10.2. The number of urea groups is 1. The molecule has 2 aliphatic heterocycles. The molecular weight excluding hydrogens is 424 g/mol. The van der Waals surface area contributed by atoms with Gasteiger partial charge in [0, 0.05) is 19.6 Å². The van der Waals surface area contributed by atoms with Crippen molar-refractivity contribution < 1.29 is 27.5 Å². The summed E-state index contributed by atoms with van der Waals surface area (Å²) in [5.41, 5.74) is -0.214. The van der Waals surface area contributed by atoms with Crippen LogP contribution in [0.2, 0.25) is 0 Å². The maximum absolute atomic E-state index is 12.6. The molecule has 0 radical (unpaired) electrons. The summed E-state index contributed by atoms with van der Waals surface area (Å²) in [6, 6.07) is 5.72. The van der Waals surface area contributed by atoms with E-state index in [-0.39, 0.29) is 29.8 Å². The van der Waals surface area contributed by atoms with Gasteiger partial charge in [-0.15, -0.1) is 0 Å². The highest BCUT2D eigenvalue weighted by molar-refractivity contribution is 7.89. The minimum absolute atomic E-state index is 0.129. The van der Waals surface area contributed by atoms with E-state index in [2.05, 4.69) is 10.6 Å². The summed E-state index contributed by atoms with van der Waals surface area (Å²) in [6.45, 7) is 2.90. The van der Waals surface area contributed by atoms with Crippen LogP contribution in [0.15, 0.2) is 29.2 Å². The van der Waals surface area contributed by atoms with Crippen molar-refractivity contribution in [3.8, 4) is 0 Å². The Kier molecular flexibility index (Phi) is 5.75. The molecule has 2 N–H and O–H groups in total. The molecule has 1 saturated carbocycles. The van der Waals surface area contributed by atoms with Crippen molar-refractivity contribution in [2.45, 2.75) is 36.7 Å². The quantitative estimate of drug-likeness (QED) is 0.566. The predicted octanol–water partition coefficient (Wildman–Crippen LogP) is 0.0442. The fraction of sp³-hybridized carbons (Fsp3) is 0.550. The molecule has 0 spiro atoms. The van der Waals surface area contributed by atoms with Gasteiger partial charge in [-0.2, -0.15) is 4.31 Å². The molecule has 3 fully saturated rings. The number of carbonyl (C=O) groups excluding carboxylic acids is 3. The molecule has 1 aromatic carbocycles. The number of sulfonamides is 1. The molecule has 4 rings (SSSR count). The Hall–Kier alpha value is -2.50. The van der Waals surface area contributed by atoms with Gasteiger partial charge in [-0.3, -0.25) is 14.5 Å². The number of nitrogens with zero attached hydrogens (tertiary/aromatic N) is 2. The fourth-order valence-corrected chi connectivity index (χ4v) is 5.32. The van der Waals surface area contributed by atoms with Crippen molar-refractivity contribution in [1.82, 2.24) is 19.8 Å². The van der Waals surface area contributed by atoms with Gasteiger partial charge >= 0.3 is 6.03 Å². The molecule has 11 heteroatoms. The Morgan fingerprint density at radius 1 is 1.19 bits per heavy atom. The smallest absolute Gasteiger partial charge is 0.325 e. The number of benzene rings is 1. The van der Waals surface area contributed by atoms with Gasteiger partial charge in [-0.05, 0) is 43.4 Å². The summed E-state index contributed by atoms with van der Waals surface area (Å²) in [5.74, 6) is -0.703. The van der Waals surface area contributed by atoms with E-state index in [4.69, 9.17) is 4.74 Å². The van der Waals surface area contributed by atoms with Crippen LogP contribution in [0, 0.1) is 5.92 Å². The van der Waals surface area contributed by atoms with E-state index in [9.17, 15) is 22.8 Å². The Balaban J connectivity index is 1.32. The van der Waals surface area contributed by atoms with Crippen LogP contribution in [-0.2, 0) is 30.9 Å². The monoisotopic (exact) mass is 450 g/mol. The van der Waals surface area contributed by atoms with Crippen molar-refractivity contribution >= 4 is 27.9 Å². The molecule has 0 aromatic heterocycles. The summed E-state index contributed by atoms with van der Waals surface area (Å²) < 4.78 is 31.9. The third kappa shape index (κ3) is 4.30. The number of morpholine rings is 1. The number of ether oxygens (including phenoxy) is 1. The van der Waals surface area contributed by atoms with Crippen molar-refractivity contribution in [3.05, 3.63) is 29.8 Å². The minimum atomic E-state index is -3.57. The molecule has 31 heavy (non-hydrogen) atoms. The Bertz CT molecular complexity index is 985. The number of nitrogens with one attached hydrogen (secondary N) is 2. The predicted molar refractivity (Wildman–Crippen MR) is 109 cm³/mol. The van der Waals surface area contributed by atoms with E-state index in [0.29, 0.717) is 31.9 Å². The van der Waals surface area contributed by atoms with Gasteiger partial charge in [0.25, 0.3) is 5.91 Å². The Morgan fingerprint density at radius 3 is 2.45 bits per heavy atom. The molecule has 4 amide bonds. The van der Waals surface area contributed by atoms with E-state index in [1.54, 1.807) is 19.1 Å². The topological polar surface area (TPSA) is 125 Å². The molecular formula is C20H26N4O6S. The molecule has 1 aromatic rings. The van der Waals surface area contributed by atoms with Crippen LogP contribution < -0.4 is 10.6 Å². The van der Waals surface area contributed by atoms with Gasteiger partial charge in [0.2, 0.25) is 15.9 Å². The third-order valence-corrected chi connectivity index (χ3v) is 7.93. The zero-order valence-electron chi connectivity index (χ0n) is 17.3. The largest absolute Gasteiger partial charge is 0.379 e. The van der Waals surface area contributed by atoms with Gasteiger partial charge in [0.1, 0.15) is 12.1 Å². The lowest BCUT2D eigenvalue weighted by Crippen LogP contribution is -2.46. The molecule has 2 saturated heterocycles. The number of carbonyl (C=O) groups is 3. The SMILES string of the molecule is CC1(C2CC2)NC(=O)N(CC(=O)NCc2ccc(S(=O)(=O)N3CCOCC3)cc2)C1=O. The number of amides is 4. The summed E-state index contributed by atoms with van der Waals surface area (Å²) >= 11 is 0.